The Hall–Kier alpha value is -1.04. The Morgan fingerprint density at radius 2 is 1.82 bits per heavy atom. The van der Waals surface area contributed by atoms with Gasteiger partial charge in [-0.15, -0.1) is 0 Å². The Bertz CT molecular complexity index is 304. The standard InChI is InChI=1S/C11H25N3O2Si/c1-7-8(14-10(12)13)9(15)16-17(5,6)11(2,3)4/h8H,7H2,1-6H3,(H4,12,13,14). The summed E-state index contributed by atoms with van der Waals surface area (Å²) in [6, 6.07) is -0.589. The molecule has 0 saturated carbocycles. The lowest BCUT2D eigenvalue weighted by molar-refractivity contribution is -0.136. The SMILES string of the molecule is CCC(N=C(N)N)C(=O)O[Si](C)(C)C(C)(C)C. The Balaban J connectivity index is 4.80. The molecule has 1 atom stereocenters. The highest BCUT2D eigenvalue weighted by Crippen LogP contribution is 2.36. The molecule has 0 aliphatic heterocycles. The van der Waals surface area contributed by atoms with Crippen molar-refractivity contribution < 1.29 is 9.22 Å². The van der Waals surface area contributed by atoms with Crippen molar-refractivity contribution in [3.8, 4) is 0 Å². The van der Waals surface area contributed by atoms with E-state index in [-0.39, 0.29) is 17.0 Å². The molecule has 0 rings (SSSR count). The molecule has 0 aromatic heterocycles. The summed E-state index contributed by atoms with van der Waals surface area (Å²) < 4.78 is 5.64. The molecule has 0 aromatic rings. The van der Waals surface area contributed by atoms with Crippen molar-refractivity contribution in [3.05, 3.63) is 0 Å². The van der Waals surface area contributed by atoms with Crippen molar-refractivity contribution in [2.24, 2.45) is 16.5 Å². The van der Waals surface area contributed by atoms with Crippen LogP contribution in [-0.4, -0.2) is 26.3 Å². The van der Waals surface area contributed by atoms with Gasteiger partial charge < -0.3 is 15.9 Å². The summed E-state index contributed by atoms with van der Waals surface area (Å²) in [6.07, 6.45) is 0.533. The van der Waals surface area contributed by atoms with E-state index in [2.05, 4.69) is 25.8 Å². The number of rotatable bonds is 4. The van der Waals surface area contributed by atoms with Gasteiger partial charge in [0.2, 0.25) is 0 Å². The van der Waals surface area contributed by atoms with Crippen LogP contribution in [0.15, 0.2) is 4.99 Å². The van der Waals surface area contributed by atoms with Crippen LogP contribution < -0.4 is 11.5 Å². The maximum Gasteiger partial charge on any atom is 0.317 e. The van der Waals surface area contributed by atoms with Crippen molar-refractivity contribution in [1.29, 1.82) is 0 Å². The van der Waals surface area contributed by atoms with Gasteiger partial charge in [-0.25, -0.2) is 4.99 Å². The summed E-state index contributed by atoms with van der Waals surface area (Å²) in [7, 11) is -2.10. The predicted molar refractivity (Wildman–Crippen MR) is 73.2 cm³/mol. The van der Waals surface area contributed by atoms with E-state index < -0.39 is 14.4 Å². The molecule has 0 radical (unpaired) electrons. The van der Waals surface area contributed by atoms with E-state index in [1.165, 1.54) is 0 Å². The van der Waals surface area contributed by atoms with Crippen molar-refractivity contribution in [3.63, 3.8) is 0 Å². The topological polar surface area (TPSA) is 90.7 Å². The number of hydrogen-bond donors (Lipinski definition) is 2. The van der Waals surface area contributed by atoms with E-state index in [0.717, 1.165) is 0 Å². The van der Waals surface area contributed by atoms with Gasteiger partial charge in [0.15, 0.2) is 5.96 Å². The number of hydrogen-bond acceptors (Lipinski definition) is 3. The number of nitrogens with two attached hydrogens (primary N) is 2. The van der Waals surface area contributed by atoms with Crippen LogP contribution in [0.5, 0.6) is 0 Å². The maximum absolute atomic E-state index is 12.0. The Labute approximate surface area is 105 Å². The van der Waals surface area contributed by atoms with E-state index in [4.69, 9.17) is 15.9 Å². The van der Waals surface area contributed by atoms with Crippen LogP contribution in [0, 0.1) is 0 Å². The molecular formula is C11H25N3O2Si. The van der Waals surface area contributed by atoms with E-state index in [0.29, 0.717) is 6.42 Å². The minimum atomic E-state index is -2.10. The van der Waals surface area contributed by atoms with Crippen LogP contribution >= 0.6 is 0 Å². The molecule has 0 fully saturated rings. The van der Waals surface area contributed by atoms with Gasteiger partial charge >= 0.3 is 5.97 Å². The van der Waals surface area contributed by atoms with E-state index in [1.54, 1.807) is 0 Å². The zero-order valence-electron chi connectivity index (χ0n) is 11.7. The normalized spacial score (nSPS) is 14.0. The third kappa shape index (κ3) is 4.76. The molecule has 0 bridgehead atoms. The zero-order chi connectivity index (χ0) is 13.9. The second kappa shape index (κ2) is 5.53. The monoisotopic (exact) mass is 259 g/mol. The Kier molecular flexibility index (Phi) is 5.19. The van der Waals surface area contributed by atoms with Crippen molar-refractivity contribution in [2.75, 3.05) is 0 Å². The fourth-order valence-electron chi connectivity index (χ4n) is 0.963. The highest BCUT2D eigenvalue weighted by atomic mass is 28.4. The van der Waals surface area contributed by atoms with Gasteiger partial charge in [-0.1, -0.05) is 27.7 Å². The molecule has 17 heavy (non-hydrogen) atoms. The highest BCUT2D eigenvalue weighted by Gasteiger charge is 2.41. The van der Waals surface area contributed by atoms with Gasteiger partial charge in [0.25, 0.3) is 8.32 Å². The summed E-state index contributed by atoms with van der Waals surface area (Å²) in [5, 5.41) is -0.0150. The van der Waals surface area contributed by atoms with Gasteiger partial charge in [0.05, 0.1) is 0 Å². The number of aliphatic imine (C=N–C) groups is 1. The van der Waals surface area contributed by atoms with Gasteiger partial charge in [-0.05, 0) is 24.6 Å². The quantitative estimate of drug-likeness (QED) is 0.455. The molecule has 0 aliphatic carbocycles. The Morgan fingerprint density at radius 3 is 2.12 bits per heavy atom. The van der Waals surface area contributed by atoms with Crippen LogP contribution in [0.1, 0.15) is 34.1 Å². The third-order valence-electron chi connectivity index (χ3n) is 3.13. The minimum Gasteiger partial charge on any atom is -0.518 e. The summed E-state index contributed by atoms with van der Waals surface area (Å²) in [4.78, 5) is 15.8. The fourth-order valence-corrected chi connectivity index (χ4v) is 1.91. The average molecular weight is 259 g/mol. The second-order valence-corrected chi connectivity index (χ2v) is 10.4. The Morgan fingerprint density at radius 1 is 1.35 bits per heavy atom. The summed E-state index contributed by atoms with van der Waals surface area (Å²) >= 11 is 0. The lowest BCUT2D eigenvalue weighted by Crippen LogP contribution is -2.45. The maximum atomic E-state index is 12.0. The van der Waals surface area contributed by atoms with Gasteiger partial charge in [0, 0.05) is 0 Å². The van der Waals surface area contributed by atoms with Crippen molar-refractivity contribution in [2.45, 2.75) is 58.3 Å². The molecule has 0 aromatic carbocycles. The first-order valence-corrected chi connectivity index (χ1v) is 8.73. The van der Waals surface area contributed by atoms with Gasteiger partial charge in [0.1, 0.15) is 6.04 Å². The average Bonchev–Trinajstić information content (AvgIpc) is 2.10. The van der Waals surface area contributed by atoms with E-state index >= 15 is 0 Å². The van der Waals surface area contributed by atoms with Gasteiger partial charge in [-0.2, -0.15) is 0 Å². The van der Waals surface area contributed by atoms with Crippen LogP contribution in [0.3, 0.4) is 0 Å². The molecule has 5 nitrogen and oxygen atoms in total. The molecule has 100 valence electrons. The smallest absolute Gasteiger partial charge is 0.317 e. The van der Waals surface area contributed by atoms with E-state index in [9.17, 15) is 4.79 Å². The first kappa shape index (κ1) is 16.0. The second-order valence-electron chi connectivity index (χ2n) is 5.66. The summed E-state index contributed by atoms with van der Waals surface area (Å²) in [5.41, 5.74) is 10.6. The van der Waals surface area contributed by atoms with E-state index in [1.807, 2.05) is 20.0 Å². The lowest BCUT2D eigenvalue weighted by Gasteiger charge is -2.36. The molecule has 1 unspecified atom stereocenters. The van der Waals surface area contributed by atoms with Crippen molar-refractivity contribution in [1.82, 2.24) is 0 Å². The molecule has 0 spiro atoms. The van der Waals surface area contributed by atoms with Crippen LogP contribution in [0.2, 0.25) is 18.1 Å². The first-order chi connectivity index (χ1) is 7.51. The summed E-state index contributed by atoms with van der Waals surface area (Å²) in [5.74, 6) is -0.406. The largest absolute Gasteiger partial charge is 0.518 e. The zero-order valence-corrected chi connectivity index (χ0v) is 12.7. The number of carbonyl (C=O) groups is 1. The predicted octanol–water partition coefficient (Wildman–Crippen LogP) is 1.59. The number of nitrogens with zero attached hydrogens (tertiary/aromatic N) is 1. The molecule has 6 heteroatoms. The van der Waals surface area contributed by atoms with Crippen molar-refractivity contribution >= 4 is 20.2 Å². The summed E-state index contributed by atoms with van der Waals surface area (Å²) in [6.45, 7) is 12.1. The molecule has 4 N–H and O–H groups in total. The van der Waals surface area contributed by atoms with Crippen LogP contribution in [0.25, 0.3) is 0 Å². The highest BCUT2D eigenvalue weighted by molar-refractivity contribution is 6.75. The van der Waals surface area contributed by atoms with Crippen LogP contribution in [0.4, 0.5) is 0 Å². The minimum absolute atomic E-state index is 0.0150. The molecule has 0 aliphatic rings. The molecule has 0 heterocycles. The van der Waals surface area contributed by atoms with Crippen LogP contribution in [-0.2, 0) is 9.22 Å². The lowest BCUT2D eigenvalue weighted by atomic mass is 10.2. The molecular weight excluding hydrogens is 234 g/mol. The fraction of sp³-hybridized carbons (Fsp3) is 0.818. The molecule has 0 amide bonds. The first-order valence-electron chi connectivity index (χ1n) is 5.83. The number of guanidine groups is 1. The number of carbonyl (C=O) groups excluding carboxylic acids is 1. The van der Waals surface area contributed by atoms with Gasteiger partial charge in [-0.3, -0.25) is 4.79 Å². The molecule has 0 saturated heterocycles. The third-order valence-corrected chi connectivity index (χ3v) is 7.45.